The molecular weight excluding hydrogens is 438 g/mol. The Hall–Kier alpha value is -2.34. The van der Waals surface area contributed by atoms with Crippen LogP contribution in [0.2, 0.25) is 0 Å². The SMILES string of the molecule is CCC(C)C(N)C(=O)NC(CCSC)C(=O)NC(C(=O)NC(CC(N)=O)C(=O)O)C(C)C. The van der Waals surface area contributed by atoms with Crippen molar-refractivity contribution in [3.05, 3.63) is 0 Å². The van der Waals surface area contributed by atoms with Crippen LogP contribution < -0.4 is 27.4 Å². The van der Waals surface area contributed by atoms with Gasteiger partial charge in [0.05, 0.1) is 12.5 Å². The number of rotatable bonds is 15. The van der Waals surface area contributed by atoms with Gasteiger partial charge in [-0.05, 0) is 30.3 Å². The van der Waals surface area contributed by atoms with Gasteiger partial charge in [-0.25, -0.2) is 4.79 Å². The Bertz CT molecular complexity index is 675. The van der Waals surface area contributed by atoms with Crippen molar-refractivity contribution in [1.29, 1.82) is 0 Å². The van der Waals surface area contributed by atoms with Gasteiger partial charge in [0.2, 0.25) is 23.6 Å². The lowest BCUT2D eigenvalue weighted by Crippen LogP contribution is -2.59. The zero-order chi connectivity index (χ0) is 25.0. The van der Waals surface area contributed by atoms with Crippen molar-refractivity contribution in [2.24, 2.45) is 23.3 Å². The monoisotopic (exact) mass is 475 g/mol. The lowest BCUT2D eigenvalue weighted by atomic mass is 9.98. The largest absolute Gasteiger partial charge is 0.480 e. The van der Waals surface area contributed by atoms with E-state index in [-0.39, 0.29) is 5.92 Å². The van der Waals surface area contributed by atoms with E-state index in [2.05, 4.69) is 16.0 Å². The molecular formula is C20H37N5O6S. The predicted octanol–water partition coefficient (Wildman–Crippen LogP) is -0.817. The molecule has 4 amide bonds. The molecule has 0 aliphatic heterocycles. The van der Waals surface area contributed by atoms with E-state index in [1.54, 1.807) is 13.8 Å². The molecule has 0 aromatic heterocycles. The van der Waals surface area contributed by atoms with Crippen LogP contribution in [0.5, 0.6) is 0 Å². The topological polar surface area (TPSA) is 194 Å². The van der Waals surface area contributed by atoms with Crippen LogP contribution in [0, 0.1) is 11.8 Å². The van der Waals surface area contributed by atoms with Crippen molar-refractivity contribution in [2.75, 3.05) is 12.0 Å². The second-order valence-electron chi connectivity index (χ2n) is 8.05. The average Bonchev–Trinajstić information content (AvgIpc) is 2.71. The van der Waals surface area contributed by atoms with Gasteiger partial charge >= 0.3 is 5.97 Å². The zero-order valence-corrected chi connectivity index (χ0v) is 20.2. The number of carboxylic acid groups (broad SMARTS) is 1. The van der Waals surface area contributed by atoms with Gasteiger partial charge in [0, 0.05) is 0 Å². The average molecular weight is 476 g/mol. The summed E-state index contributed by atoms with van der Waals surface area (Å²) in [4.78, 5) is 60.4. The van der Waals surface area contributed by atoms with Crippen LogP contribution in [-0.2, 0) is 24.0 Å². The van der Waals surface area contributed by atoms with Crippen LogP contribution >= 0.6 is 11.8 Å². The van der Waals surface area contributed by atoms with Crippen molar-refractivity contribution in [1.82, 2.24) is 16.0 Å². The molecule has 11 nitrogen and oxygen atoms in total. The molecule has 0 spiro atoms. The highest BCUT2D eigenvalue weighted by molar-refractivity contribution is 7.98. The smallest absolute Gasteiger partial charge is 0.326 e. The summed E-state index contributed by atoms with van der Waals surface area (Å²) in [7, 11) is 0. The second-order valence-corrected chi connectivity index (χ2v) is 9.04. The first-order valence-corrected chi connectivity index (χ1v) is 11.9. The second kappa shape index (κ2) is 14.7. The Balaban J connectivity index is 5.43. The van der Waals surface area contributed by atoms with Gasteiger partial charge in [0.25, 0.3) is 0 Å². The fourth-order valence-corrected chi connectivity index (χ4v) is 3.21. The maximum Gasteiger partial charge on any atom is 0.326 e. The van der Waals surface area contributed by atoms with E-state index in [0.717, 1.165) is 0 Å². The standard InChI is InChI=1S/C20H37N5O6S/c1-6-11(4)15(22)18(28)23-12(7-8-32-5)17(27)25-16(10(2)3)19(29)24-13(20(30)31)9-14(21)26/h10-13,15-16H,6-9,22H2,1-5H3,(H2,21,26)(H,23,28)(H,24,29)(H,25,27)(H,30,31). The minimum Gasteiger partial charge on any atom is -0.480 e. The van der Waals surface area contributed by atoms with E-state index >= 15 is 0 Å². The van der Waals surface area contributed by atoms with E-state index < -0.39 is 66.1 Å². The lowest BCUT2D eigenvalue weighted by Gasteiger charge is -2.27. The van der Waals surface area contributed by atoms with Crippen LogP contribution in [0.1, 0.15) is 47.0 Å². The van der Waals surface area contributed by atoms with E-state index in [4.69, 9.17) is 11.5 Å². The molecule has 8 N–H and O–H groups in total. The quantitative estimate of drug-likeness (QED) is 0.177. The number of primary amides is 1. The molecule has 0 aliphatic carbocycles. The highest BCUT2D eigenvalue weighted by atomic mass is 32.2. The van der Waals surface area contributed by atoms with E-state index in [1.807, 2.05) is 20.1 Å². The minimum atomic E-state index is -1.52. The number of carbonyl (C=O) groups is 5. The normalized spacial score (nSPS) is 15.7. The van der Waals surface area contributed by atoms with Crippen molar-refractivity contribution in [3.8, 4) is 0 Å². The van der Waals surface area contributed by atoms with Crippen LogP contribution in [0.25, 0.3) is 0 Å². The van der Waals surface area contributed by atoms with Gasteiger partial charge in [-0.1, -0.05) is 34.1 Å². The zero-order valence-electron chi connectivity index (χ0n) is 19.3. The van der Waals surface area contributed by atoms with Gasteiger partial charge in [-0.3, -0.25) is 19.2 Å². The van der Waals surface area contributed by atoms with Crippen LogP contribution in [-0.4, -0.2) is 70.9 Å². The summed E-state index contributed by atoms with van der Waals surface area (Å²) in [5, 5.41) is 16.7. The van der Waals surface area contributed by atoms with Crippen molar-refractivity contribution < 1.29 is 29.1 Å². The summed E-state index contributed by atoms with van der Waals surface area (Å²) >= 11 is 1.49. The maximum atomic E-state index is 12.9. The molecule has 5 atom stereocenters. The molecule has 12 heteroatoms. The van der Waals surface area contributed by atoms with Crippen LogP contribution in [0.15, 0.2) is 0 Å². The van der Waals surface area contributed by atoms with E-state index in [0.29, 0.717) is 18.6 Å². The molecule has 0 rings (SSSR count). The summed E-state index contributed by atoms with van der Waals surface area (Å²) < 4.78 is 0. The summed E-state index contributed by atoms with van der Waals surface area (Å²) in [6.45, 7) is 7.08. The highest BCUT2D eigenvalue weighted by Gasteiger charge is 2.32. The Morgan fingerprint density at radius 3 is 1.94 bits per heavy atom. The number of hydrogen-bond donors (Lipinski definition) is 6. The highest BCUT2D eigenvalue weighted by Crippen LogP contribution is 2.09. The van der Waals surface area contributed by atoms with Crippen LogP contribution in [0.3, 0.4) is 0 Å². The summed E-state index contributed by atoms with van der Waals surface area (Å²) in [5.41, 5.74) is 11.0. The number of amides is 4. The summed E-state index contributed by atoms with van der Waals surface area (Å²) in [5.74, 6) is -4.02. The van der Waals surface area contributed by atoms with Gasteiger partial charge in [-0.2, -0.15) is 11.8 Å². The molecule has 0 bridgehead atoms. The third-order valence-electron chi connectivity index (χ3n) is 5.07. The molecule has 0 heterocycles. The number of carboxylic acids is 1. The maximum absolute atomic E-state index is 12.9. The minimum absolute atomic E-state index is 0.0772. The Morgan fingerprint density at radius 2 is 1.50 bits per heavy atom. The first kappa shape index (κ1) is 29.7. The molecule has 0 fully saturated rings. The molecule has 0 radical (unpaired) electrons. The number of thioether (sulfide) groups is 1. The predicted molar refractivity (Wildman–Crippen MR) is 123 cm³/mol. The third-order valence-corrected chi connectivity index (χ3v) is 5.71. The first-order valence-electron chi connectivity index (χ1n) is 10.5. The molecule has 0 aliphatic rings. The lowest BCUT2D eigenvalue weighted by molar-refractivity contribution is -0.144. The molecule has 0 saturated carbocycles. The van der Waals surface area contributed by atoms with Gasteiger partial charge in [0.15, 0.2) is 0 Å². The molecule has 0 saturated heterocycles. The molecule has 32 heavy (non-hydrogen) atoms. The number of nitrogens with one attached hydrogen (secondary N) is 3. The fourth-order valence-electron chi connectivity index (χ4n) is 2.74. The van der Waals surface area contributed by atoms with Gasteiger partial charge < -0.3 is 32.5 Å². The number of hydrogen-bond acceptors (Lipinski definition) is 7. The van der Waals surface area contributed by atoms with E-state index in [1.165, 1.54) is 11.8 Å². The van der Waals surface area contributed by atoms with Crippen molar-refractivity contribution in [3.63, 3.8) is 0 Å². The summed E-state index contributed by atoms with van der Waals surface area (Å²) in [6.07, 6.45) is 2.29. The fraction of sp³-hybridized carbons (Fsp3) is 0.750. The number of carbonyl (C=O) groups excluding carboxylic acids is 4. The molecule has 0 aromatic carbocycles. The van der Waals surface area contributed by atoms with Gasteiger partial charge in [-0.15, -0.1) is 0 Å². The molecule has 5 unspecified atom stereocenters. The third kappa shape index (κ3) is 10.3. The number of aliphatic carboxylic acids is 1. The van der Waals surface area contributed by atoms with Crippen LogP contribution in [0.4, 0.5) is 0 Å². The molecule has 184 valence electrons. The Labute approximate surface area is 193 Å². The Morgan fingerprint density at radius 1 is 0.938 bits per heavy atom. The van der Waals surface area contributed by atoms with Gasteiger partial charge in [0.1, 0.15) is 18.1 Å². The van der Waals surface area contributed by atoms with E-state index in [9.17, 15) is 29.1 Å². The van der Waals surface area contributed by atoms with Crippen molar-refractivity contribution in [2.45, 2.75) is 71.1 Å². The summed E-state index contributed by atoms with van der Waals surface area (Å²) in [6, 6.07) is -4.30. The number of nitrogens with two attached hydrogens (primary N) is 2. The molecule has 0 aromatic rings. The van der Waals surface area contributed by atoms with Crippen molar-refractivity contribution >= 4 is 41.4 Å². The first-order chi connectivity index (χ1) is 14.8. The Kier molecular flexibility index (Phi) is 13.6.